The fourth-order valence-electron chi connectivity index (χ4n) is 1.43. The third-order valence-corrected chi connectivity index (χ3v) is 4.45. The molecule has 0 radical (unpaired) electrons. The second-order valence-corrected chi connectivity index (χ2v) is 6.63. The zero-order valence-electron chi connectivity index (χ0n) is 10.5. The predicted octanol–water partition coefficient (Wildman–Crippen LogP) is 0.405. The number of sulfonamides is 1. The lowest BCUT2D eigenvalue weighted by atomic mass is 9.94. The Bertz CT molecular complexity index is 439. The Morgan fingerprint density at radius 3 is 2.59 bits per heavy atom. The molecule has 0 aliphatic heterocycles. The van der Waals surface area contributed by atoms with E-state index in [1.54, 1.807) is 6.92 Å². The van der Waals surface area contributed by atoms with Crippen molar-refractivity contribution in [3.8, 4) is 0 Å². The third kappa shape index (κ3) is 3.27. The van der Waals surface area contributed by atoms with E-state index in [9.17, 15) is 8.42 Å². The van der Waals surface area contributed by atoms with Crippen LogP contribution >= 0.6 is 0 Å². The molecule has 0 bridgehead atoms. The second kappa shape index (κ2) is 5.16. The van der Waals surface area contributed by atoms with Crippen molar-refractivity contribution in [2.75, 3.05) is 19.6 Å². The van der Waals surface area contributed by atoms with E-state index in [-0.39, 0.29) is 10.4 Å². The second-order valence-electron chi connectivity index (χ2n) is 4.72. The highest BCUT2D eigenvalue weighted by Crippen LogP contribution is 2.20. The number of hydrogen-bond donors (Lipinski definition) is 2. The van der Waals surface area contributed by atoms with E-state index in [1.807, 2.05) is 13.8 Å². The molecule has 1 aromatic rings. The molecule has 0 aromatic carbocycles. The van der Waals surface area contributed by atoms with Crippen LogP contribution in [-0.4, -0.2) is 42.6 Å². The minimum atomic E-state index is -3.49. The van der Waals surface area contributed by atoms with Crippen LogP contribution in [0.3, 0.4) is 0 Å². The Labute approximate surface area is 102 Å². The van der Waals surface area contributed by atoms with Crippen molar-refractivity contribution in [2.45, 2.75) is 25.8 Å². The Morgan fingerprint density at radius 2 is 2.18 bits per heavy atom. The van der Waals surface area contributed by atoms with Gasteiger partial charge < -0.3 is 5.73 Å². The summed E-state index contributed by atoms with van der Waals surface area (Å²) in [6.45, 7) is 6.92. The van der Waals surface area contributed by atoms with E-state index < -0.39 is 10.0 Å². The summed E-state index contributed by atoms with van der Waals surface area (Å²) in [7, 11) is -3.49. The first-order valence-corrected chi connectivity index (χ1v) is 6.97. The van der Waals surface area contributed by atoms with E-state index in [4.69, 9.17) is 5.73 Å². The molecule has 0 spiro atoms. The third-order valence-electron chi connectivity index (χ3n) is 2.60. The normalized spacial score (nSPS) is 13.2. The molecule has 17 heavy (non-hydrogen) atoms. The summed E-state index contributed by atoms with van der Waals surface area (Å²) in [4.78, 5) is 0. The smallest absolute Gasteiger partial charge is 0.259 e. The van der Waals surface area contributed by atoms with Crippen molar-refractivity contribution < 1.29 is 8.42 Å². The van der Waals surface area contributed by atoms with Crippen LogP contribution in [0.5, 0.6) is 0 Å². The lowest BCUT2D eigenvalue weighted by Gasteiger charge is -2.29. The maximum Gasteiger partial charge on any atom is 0.259 e. The summed E-state index contributed by atoms with van der Waals surface area (Å²) in [5.74, 6) is 0. The molecule has 0 amide bonds. The van der Waals surface area contributed by atoms with E-state index in [1.165, 1.54) is 16.6 Å². The van der Waals surface area contributed by atoms with Crippen molar-refractivity contribution in [3.63, 3.8) is 0 Å². The molecule has 7 heteroatoms. The number of aromatic nitrogens is 2. The summed E-state index contributed by atoms with van der Waals surface area (Å²) >= 11 is 0. The summed E-state index contributed by atoms with van der Waals surface area (Å²) < 4.78 is 25.9. The van der Waals surface area contributed by atoms with E-state index >= 15 is 0 Å². The molecule has 0 saturated carbocycles. The monoisotopic (exact) mass is 260 g/mol. The first kappa shape index (κ1) is 14.1. The molecule has 0 aliphatic carbocycles. The molecular formula is C10H20N4O2S. The number of nitrogens with two attached hydrogens (primary N) is 1. The van der Waals surface area contributed by atoms with Crippen LogP contribution in [0.15, 0.2) is 17.3 Å². The van der Waals surface area contributed by atoms with Crippen LogP contribution in [0.1, 0.15) is 20.8 Å². The lowest BCUT2D eigenvalue weighted by molar-refractivity contribution is 0.272. The summed E-state index contributed by atoms with van der Waals surface area (Å²) in [5, 5.41) is 6.27. The van der Waals surface area contributed by atoms with Crippen molar-refractivity contribution in [3.05, 3.63) is 12.3 Å². The molecule has 0 aliphatic rings. The van der Waals surface area contributed by atoms with Crippen LogP contribution in [0.4, 0.5) is 0 Å². The van der Waals surface area contributed by atoms with Gasteiger partial charge in [-0.05, 0) is 18.0 Å². The molecular weight excluding hydrogens is 240 g/mol. The average Bonchev–Trinajstić information content (AvgIpc) is 2.79. The van der Waals surface area contributed by atoms with Gasteiger partial charge >= 0.3 is 0 Å². The first-order chi connectivity index (χ1) is 7.83. The zero-order valence-corrected chi connectivity index (χ0v) is 11.3. The molecule has 0 saturated heterocycles. The number of nitrogens with zero attached hydrogens (tertiary/aromatic N) is 2. The van der Waals surface area contributed by atoms with Gasteiger partial charge in [0.25, 0.3) is 10.0 Å². The van der Waals surface area contributed by atoms with Crippen molar-refractivity contribution in [2.24, 2.45) is 11.1 Å². The molecule has 3 N–H and O–H groups in total. The minimum absolute atomic E-state index is 0.118. The molecule has 1 rings (SSSR count). The number of H-pyrrole nitrogens is 1. The maximum absolute atomic E-state index is 12.2. The van der Waals surface area contributed by atoms with E-state index in [2.05, 4.69) is 10.2 Å². The predicted molar refractivity (Wildman–Crippen MR) is 65.9 cm³/mol. The maximum atomic E-state index is 12.2. The van der Waals surface area contributed by atoms with Gasteiger partial charge in [0.15, 0.2) is 5.03 Å². The Kier molecular flexibility index (Phi) is 4.29. The topological polar surface area (TPSA) is 92.1 Å². The SMILES string of the molecule is CCN(CC(C)(C)CN)S(=O)(=O)c1ccn[nH]1. The largest absolute Gasteiger partial charge is 0.330 e. The van der Waals surface area contributed by atoms with Crippen molar-refractivity contribution in [1.82, 2.24) is 14.5 Å². The van der Waals surface area contributed by atoms with Gasteiger partial charge in [-0.1, -0.05) is 20.8 Å². The Balaban J connectivity index is 2.96. The highest BCUT2D eigenvalue weighted by molar-refractivity contribution is 7.89. The average molecular weight is 260 g/mol. The van der Waals surface area contributed by atoms with Crippen molar-refractivity contribution in [1.29, 1.82) is 0 Å². The molecule has 1 heterocycles. The molecule has 0 fully saturated rings. The lowest BCUT2D eigenvalue weighted by Crippen LogP contribution is -2.42. The Morgan fingerprint density at radius 1 is 1.53 bits per heavy atom. The number of nitrogens with one attached hydrogen (secondary N) is 1. The van der Waals surface area contributed by atoms with E-state index in [0.29, 0.717) is 19.6 Å². The van der Waals surface area contributed by atoms with Crippen LogP contribution in [-0.2, 0) is 10.0 Å². The van der Waals surface area contributed by atoms with Gasteiger partial charge in [-0.3, -0.25) is 5.10 Å². The van der Waals surface area contributed by atoms with Gasteiger partial charge in [-0.2, -0.15) is 9.40 Å². The van der Waals surface area contributed by atoms with Gasteiger partial charge in [0.05, 0.1) is 6.20 Å². The standard InChI is InChI=1S/C10H20N4O2S/c1-4-14(8-10(2,3)7-11)17(15,16)9-5-6-12-13-9/h5-6H,4,7-8,11H2,1-3H3,(H,12,13). The van der Waals surface area contributed by atoms with Crippen LogP contribution in [0.2, 0.25) is 0 Å². The molecule has 98 valence electrons. The summed E-state index contributed by atoms with van der Waals surface area (Å²) in [5.41, 5.74) is 5.38. The van der Waals surface area contributed by atoms with Gasteiger partial charge in [0.1, 0.15) is 0 Å². The van der Waals surface area contributed by atoms with Crippen molar-refractivity contribution >= 4 is 10.0 Å². The Hall–Kier alpha value is -0.920. The number of aromatic amines is 1. The molecule has 0 unspecified atom stereocenters. The van der Waals surface area contributed by atoms with Gasteiger partial charge in [-0.25, -0.2) is 8.42 Å². The van der Waals surface area contributed by atoms with Crippen LogP contribution < -0.4 is 5.73 Å². The fraction of sp³-hybridized carbons (Fsp3) is 0.700. The molecule has 1 aromatic heterocycles. The summed E-state index contributed by atoms with van der Waals surface area (Å²) in [6, 6.07) is 1.45. The highest BCUT2D eigenvalue weighted by Gasteiger charge is 2.29. The first-order valence-electron chi connectivity index (χ1n) is 5.53. The highest BCUT2D eigenvalue weighted by atomic mass is 32.2. The van der Waals surface area contributed by atoms with Gasteiger partial charge in [-0.15, -0.1) is 0 Å². The van der Waals surface area contributed by atoms with Gasteiger partial charge in [0.2, 0.25) is 0 Å². The molecule has 0 atom stereocenters. The molecule has 6 nitrogen and oxygen atoms in total. The van der Waals surface area contributed by atoms with Crippen LogP contribution in [0.25, 0.3) is 0 Å². The quantitative estimate of drug-likeness (QED) is 0.774. The van der Waals surface area contributed by atoms with Crippen LogP contribution in [0, 0.1) is 5.41 Å². The van der Waals surface area contributed by atoms with Gasteiger partial charge in [0, 0.05) is 13.1 Å². The minimum Gasteiger partial charge on any atom is -0.330 e. The number of rotatable bonds is 6. The fourth-order valence-corrected chi connectivity index (χ4v) is 2.97. The zero-order chi connectivity index (χ0) is 13.1. The van der Waals surface area contributed by atoms with E-state index in [0.717, 1.165) is 0 Å². The number of hydrogen-bond acceptors (Lipinski definition) is 4. The summed E-state index contributed by atoms with van der Waals surface area (Å²) in [6.07, 6.45) is 1.43.